The molecule has 0 atom stereocenters. The minimum Gasteiger partial charge on any atom is -0.497 e. The molecule has 0 aliphatic rings. The normalized spacial score (nSPS) is 9.89. The number of esters is 1. The second-order valence-corrected chi connectivity index (χ2v) is 3.39. The van der Waals surface area contributed by atoms with Gasteiger partial charge >= 0.3 is 12.6 Å². The van der Waals surface area contributed by atoms with E-state index in [2.05, 4.69) is 9.47 Å². The number of halogens is 2. The molecule has 0 radical (unpaired) electrons. The van der Waals surface area contributed by atoms with Gasteiger partial charge in [-0.15, -0.1) is 0 Å². The summed E-state index contributed by atoms with van der Waals surface area (Å²) in [4.78, 5) is 11.2. The quantitative estimate of drug-likeness (QED) is 0.765. The number of alkyl halides is 2. The molecule has 0 amide bonds. The summed E-state index contributed by atoms with van der Waals surface area (Å²) >= 11 is 0. The fraction of sp³-hybridized carbons (Fsp3) is 0.333. The summed E-state index contributed by atoms with van der Waals surface area (Å²) in [7, 11) is 2.48. The third kappa shape index (κ3) is 3.81. The number of nitriles is 1. The van der Waals surface area contributed by atoms with Crippen molar-refractivity contribution >= 4 is 5.97 Å². The van der Waals surface area contributed by atoms with Crippen LogP contribution in [0, 0.1) is 11.3 Å². The Bertz CT molecular complexity index is 511. The first kappa shape index (κ1) is 14.7. The number of ether oxygens (including phenoxy) is 3. The van der Waals surface area contributed by atoms with Crippen molar-refractivity contribution in [2.75, 3.05) is 14.2 Å². The zero-order valence-electron chi connectivity index (χ0n) is 10.3. The second-order valence-electron chi connectivity index (χ2n) is 3.39. The molecule has 0 heterocycles. The van der Waals surface area contributed by atoms with Gasteiger partial charge in [0, 0.05) is 11.6 Å². The van der Waals surface area contributed by atoms with Crippen LogP contribution in [0.4, 0.5) is 8.78 Å². The molecule has 0 aliphatic heterocycles. The van der Waals surface area contributed by atoms with Gasteiger partial charge in [0.1, 0.15) is 11.5 Å². The zero-order valence-corrected chi connectivity index (χ0v) is 10.3. The average Bonchev–Trinajstić information content (AvgIpc) is 2.39. The lowest BCUT2D eigenvalue weighted by atomic mass is 10.0. The maximum atomic E-state index is 12.3. The molecule has 7 heteroatoms. The van der Waals surface area contributed by atoms with Gasteiger partial charge in [-0.2, -0.15) is 14.0 Å². The predicted octanol–water partition coefficient (Wildman–Crippen LogP) is 1.88. The Labute approximate surface area is 108 Å². The summed E-state index contributed by atoms with van der Waals surface area (Å²) in [5.41, 5.74) is 0.0517. The van der Waals surface area contributed by atoms with Gasteiger partial charge in [-0.05, 0) is 6.07 Å². The number of rotatable bonds is 5. The molecule has 0 bridgehead atoms. The number of carbonyl (C=O) groups is 1. The van der Waals surface area contributed by atoms with Crippen LogP contribution >= 0.6 is 0 Å². The molecule has 0 fully saturated rings. The first-order valence-corrected chi connectivity index (χ1v) is 5.14. The van der Waals surface area contributed by atoms with E-state index in [9.17, 15) is 13.6 Å². The average molecular weight is 271 g/mol. The summed E-state index contributed by atoms with van der Waals surface area (Å²) in [6.07, 6.45) is -0.342. The van der Waals surface area contributed by atoms with Crippen molar-refractivity contribution in [3.63, 3.8) is 0 Å². The van der Waals surface area contributed by atoms with E-state index in [0.29, 0.717) is 0 Å². The Morgan fingerprint density at radius 2 is 2.11 bits per heavy atom. The van der Waals surface area contributed by atoms with Gasteiger partial charge in [0.2, 0.25) is 0 Å². The molecule has 0 aliphatic carbocycles. The third-order valence-corrected chi connectivity index (χ3v) is 2.30. The lowest BCUT2D eigenvalue weighted by molar-refractivity contribution is -0.139. The monoisotopic (exact) mass is 271 g/mol. The number of carbonyl (C=O) groups excluding carboxylic acids is 1. The van der Waals surface area contributed by atoms with Crippen LogP contribution < -0.4 is 9.47 Å². The van der Waals surface area contributed by atoms with E-state index in [0.717, 1.165) is 7.11 Å². The third-order valence-electron chi connectivity index (χ3n) is 2.30. The van der Waals surface area contributed by atoms with Crippen molar-refractivity contribution in [3.05, 3.63) is 23.3 Å². The van der Waals surface area contributed by atoms with Crippen molar-refractivity contribution in [2.24, 2.45) is 0 Å². The van der Waals surface area contributed by atoms with Crippen molar-refractivity contribution in [1.82, 2.24) is 0 Å². The maximum Gasteiger partial charge on any atom is 0.387 e. The van der Waals surface area contributed by atoms with Gasteiger partial charge in [-0.25, -0.2) is 0 Å². The summed E-state index contributed by atoms with van der Waals surface area (Å²) in [5, 5.41) is 8.98. The molecular formula is C12H11F2NO4. The summed E-state index contributed by atoms with van der Waals surface area (Å²) in [6.45, 7) is -3.07. The first-order chi connectivity index (χ1) is 9.01. The van der Waals surface area contributed by atoms with Crippen LogP contribution in [0.15, 0.2) is 12.1 Å². The maximum absolute atomic E-state index is 12.3. The zero-order chi connectivity index (χ0) is 14.4. The largest absolute Gasteiger partial charge is 0.497 e. The molecule has 19 heavy (non-hydrogen) atoms. The molecule has 102 valence electrons. The van der Waals surface area contributed by atoms with Crippen molar-refractivity contribution < 1.29 is 27.8 Å². The fourth-order valence-corrected chi connectivity index (χ4v) is 1.44. The van der Waals surface area contributed by atoms with Gasteiger partial charge < -0.3 is 14.2 Å². The van der Waals surface area contributed by atoms with Crippen molar-refractivity contribution in [2.45, 2.75) is 13.0 Å². The molecule has 0 unspecified atom stereocenters. The van der Waals surface area contributed by atoms with E-state index >= 15 is 0 Å². The molecule has 0 spiro atoms. The highest BCUT2D eigenvalue weighted by Gasteiger charge is 2.19. The lowest BCUT2D eigenvalue weighted by Gasteiger charge is -2.13. The van der Waals surface area contributed by atoms with E-state index in [1.165, 1.54) is 19.2 Å². The molecular weight excluding hydrogens is 260 g/mol. The van der Waals surface area contributed by atoms with Crippen LogP contribution in [0.5, 0.6) is 11.5 Å². The van der Waals surface area contributed by atoms with Crippen LogP contribution in [0.25, 0.3) is 0 Å². The number of nitrogens with zero attached hydrogens (tertiary/aromatic N) is 1. The Kier molecular flexibility index (Phi) is 5.06. The Hall–Kier alpha value is -2.36. The van der Waals surface area contributed by atoms with E-state index in [1.807, 2.05) is 0 Å². The van der Waals surface area contributed by atoms with E-state index in [-0.39, 0.29) is 29.0 Å². The highest BCUT2D eigenvalue weighted by atomic mass is 19.3. The molecule has 1 aromatic rings. The van der Waals surface area contributed by atoms with Crippen LogP contribution in [-0.4, -0.2) is 26.8 Å². The van der Waals surface area contributed by atoms with E-state index in [4.69, 9.17) is 10.00 Å². The van der Waals surface area contributed by atoms with Crippen LogP contribution in [-0.2, 0) is 16.0 Å². The summed E-state index contributed by atoms with van der Waals surface area (Å²) in [6, 6.07) is 4.32. The number of methoxy groups -OCH3 is 2. The van der Waals surface area contributed by atoms with E-state index in [1.54, 1.807) is 6.07 Å². The van der Waals surface area contributed by atoms with Gasteiger partial charge in [0.05, 0.1) is 32.3 Å². The van der Waals surface area contributed by atoms with Crippen LogP contribution in [0.1, 0.15) is 11.1 Å². The smallest absolute Gasteiger partial charge is 0.387 e. The molecule has 1 rings (SSSR count). The topological polar surface area (TPSA) is 68.6 Å². The molecule has 1 aromatic carbocycles. The number of benzene rings is 1. The molecule has 0 N–H and O–H groups in total. The highest BCUT2D eigenvalue weighted by Crippen LogP contribution is 2.30. The van der Waals surface area contributed by atoms with Gasteiger partial charge in [-0.3, -0.25) is 4.79 Å². The molecule has 0 saturated heterocycles. The van der Waals surface area contributed by atoms with Crippen LogP contribution in [0.3, 0.4) is 0 Å². The van der Waals surface area contributed by atoms with Crippen LogP contribution in [0.2, 0.25) is 0 Å². The summed E-state index contributed by atoms with van der Waals surface area (Å²) in [5.74, 6) is -0.766. The highest BCUT2D eigenvalue weighted by molar-refractivity contribution is 5.75. The fourth-order valence-electron chi connectivity index (χ4n) is 1.44. The number of hydrogen-bond acceptors (Lipinski definition) is 5. The second kappa shape index (κ2) is 6.54. The molecule has 5 nitrogen and oxygen atoms in total. The Morgan fingerprint density at radius 1 is 1.42 bits per heavy atom. The minimum absolute atomic E-state index is 0.0143. The van der Waals surface area contributed by atoms with Gasteiger partial charge in [0.25, 0.3) is 0 Å². The number of hydrogen-bond donors (Lipinski definition) is 0. The van der Waals surface area contributed by atoms with Crippen molar-refractivity contribution in [3.8, 4) is 17.6 Å². The Balaban J connectivity index is 3.29. The first-order valence-electron chi connectivity index (χ1n) is 5.14. The van der Waals surface area contributed by atoms with Crippen molar-refractivity contribution in [1.29, 1.82) is 5.26 Å². The van der Waals surface area contributed by atoms with Gasteiger partial charge in [0.15, 0.2) is 0 Å². The van der Waals surface area contributed by atoms with E-state index < -0.39 is 12.6 Å². The van der Waals surface area contributed by atoms with Gasteiger partial charge in [-0.1, -0.05) is 0 Å². The molecule has 0 saturated carbocycles. The minimum atomic E-state index is -3.07. The predicted molar refractivity (Wildman–Crippen MR) is 60.1 cm³/mol. The summed E-state index contributed by atoms with van der Waals surface area (Å²) < 4.78 is 38.3. The lowest BCUT2D eigenvalue weighted by Crippen LogP contribution is -2.11. The molecule has 0 aromatic heterocycles. The Morgan fingerprint density at radius 3 is 2.58 bits per heavy atom. The standard InChI is InChI=1S/C12H11F2NO4/c1-17-8-3-7(6-15)9(5-11(16)18-2)10(4-8)19-12(13)14/h3-4,12H,5H2,1-2H3. The SMILES string of the molecule is COC(=O)Cc1c(C#N)cc(OC)cc1OC(F)F.